The number of likely N-dealkylation sites (N-methyl/N-ethyl adjacent to an activating group) is 1. The minimum atomic E-state index is 0.620. The van der Waals surface area contributed by atoms with Crippen molar-refractivity contribution in [3.63, 3.8) is 0 Å². The molecule has 0 aromatic carbocycles. The van der Waals surface area contributed by atoms with E-state index >= 15 is 0 Å². The highest BCUT2D eigenvalue weighted by Gasteiger charge is 2.18. The van der Waals surface area contributed by atoms with Crippen molar-refractivity contribution in [1.29, 1.82) is 5.26 Å². The lowest BCUT2D eigenvalue weighted by molar-refractivity contribution is 0.254. The predicted molar refractivity (Wildman–Crippen MR) is 77.1 cm³/mol. The highest BCUT2D eigenvalue weighted by atomic mass is 15.1. The summed E-state index contributed by atoms with van der Waals surface area (Å²) < 4.78 is 0. The predicted octanol–water partition coefficient (Wildman–Crippen LogP) is 2.55. The largest absolute Gasteiger partial charge is 0.368 e. The smallest absolute Gasteiger partial charge is 0.144 e. The number of aryl methyl sites for hydroxylation is 1. The monoisotopic (exact) mass is 258 g/mol. The van der Waals surface area contributed by atoms with Crippen LogP contribution in [0.25, 0.3) is 0 Å². The van der Waals surface area contributed by atoms with E-state index in [9.17, 15) is 0 Å². The third-order valence-electron chi connectivity index (χ3n) is 3.86. The topological polar surface area (TPSA) is 52.0 Å². The highest BCUT2D eigenvalue weighted by molar-refractivity contribution is 5.52. The number of nitrogens with zero attached hydrogens (tertiary/aromatic N) is 3. The second-order valence-corrected chi connectivity index (χ2v) is 5.31. The number of aromatic nitrogens is 1. The molecule has 1 fully saturated rings. The van der Waals surface area contributed by atoms with Crippen molar-refractivity contribution >= 4 is 5.82 Å². The van der Waals surface area contributed by atoms with Crippen LogP contribution in [0.4, 0.5) is 5.82 Å². The van der Waals surface area contributed by atoms with E-state index in [1.54, 1.807) is 0 Å². The van der Waals surface area contributed by atoms with E-state index in [4.69, 9.17) is 5.26 Å². The van der Waals surface area contributed by atoms with Crippen LogP contribution in [0.2, 0.25) is 0 Å². The summed E-state index contributed by atoms with van der Waals surface area (Å²) in [6.07, 6.45) is 5.37. The molecule has 0 radical (unpaired) electrons. The molecule has 0 atom stereocenters. The lowest BCUT2D eigenvalue weighted by atomic mass is 10.2. The van der Waals surface area contributed by atoms with Crippen LogP contribution in [0.3, 0.4) is 0 Å². The quantitative estimate of drug-likeness (QED) is 0.882. The van der Waals surface area contributed by atoms with Crippen molar-refractivity contribution in [3.05, 3.63) is 23.4 Å². The van der Waals surface area contributed by atoms with Gasteiger partial charge in [-0.15, -0.1) is 0 Å². The minimum Gasteiger partial charge on any atom is -0.368 e. The first-order valence-electron chi connectivity index (χ1n) is 7.02. The second kappa shape index (κ2) is 6.53. The molecule has 1 heterocycles. The summed E-state index contributed by atoms with van der Waals surface area (Å²) in [4.78, 5) is 6.80. The van der Waals surface area contributed by atoms with Gasteiger partial charge in [0.25, 0.3) is 0 Å². The fourth-order valence-corrected chi connectivity index (χ4v) is 2.66. The van der Waals surface area contributed by atoms with Gasteiger partial charge in [0, 0.05) is 24.8 Å². The van der Waals surface area contributed by atoms with E-state index in [1.165, 1.54) is 25.7 Å². The van der Waals surface area contributed by atoms with Crippen LogP contribution in [-0.4, -0.2) is 36.1 Å². The average Bonchev–Trinajstić information content (AvgIpc) is 2.93. The Hall–Kier alpha value is -1.60. The maximum atomic E-state index is 9.05. The second-order valence-electron chi connectivity index (χ2n) is 5.31. The van der Waals surface area contributed by atoms with Gasteiger partial charge in [-0.3, -0.25) is 0 Å². The molecule has 0 saturated heterocycles. The number of rotatable bonds is 5. The van der Waals surface area contributed by atoms with Gasteiger partial charge in [0.1, 0.15) is 11.9 Å². The summed E-state index contributed by atoms with van der Waals surface area (Å²) in [5.41, 5.74) is 1.56. The first-order valence-corrected chi connectivity index (χ1v) is 7.02. The number of nitrogens with one attached hydrogen (secondary N) is 1. The van der Waals surface area contributed by atoms with Crippen LogP contribution < -0.4 is 5.32 Å². The fourth-order valence-electron chi connectivity index (χ4n) is 2.66. The molecule has 1 aliphatic rings. The maximum absolute atomic E-state index is 9.05. The molecule has 2 rings (SSSR count). The number of hydrogen-bond donors (Lipinski definition) is 1. The Morgan fingerprint density at radius 1 is 1.42 bits per heavy atom. The lowest BCUT2D eigenvalue weighted by Gasteiger charge is -2.24. The highest BCUT2D eigenvalue weighted by Crippen LogP contribution is 2.22. The van der Waals surface area contributed by atoms with Crippen molar-refractivity contribution in [3.8, 4) is 6.07 Å². The molecule has 1 saturated carbocycles. The zero-order valence-electron chi connectivity index (χ0n) is 11.8. The molecule has 0 unspecified atom stereocenters. The molecular weight excluding hydrogens is 236 g/mol. The molecule has 0 amide bonds. The lowest BCUT2D eigenvalue weighted by Crippen LogP contribution is -2.33. The van der Waals surface area contributed by atoms with Crippen LogP contribution >= 0.6 is 0 Å². The number of nitriles is 1. The third kappa shape index (κ3) is 3.68. The zero-order chi connectivity index (χ0) is 13.7. The first-order chi connectivity index (χ1) is 9.20. The summed E-state index contributed by atoms with van der Waals surface area (Å²) in [7, 11) is 2.19. The summed E-state index contributed by atoms with van der Waals surface area (Å²) in [6.45, 7) is 3.76. The summed E-state index contributed by atoms with van der Waals surface area (Å²) in [5, 5.41) is 12.3. The third-order valence-corrected chi connectivity index (χ3v) is 3.86. The first kappa shape index (κ1) is 13.8. The molecule has 1 aliphatic carbocycles. The average molecular weight is 258 g/mol. The molecule has 1 N–H and O–H groups in total. The summed E-state index contributed by atoms with van der Waals surface area (Å²) in [5.74, 6) is 0.710. The van der Waals surface area contributed by atoms with E-state index in [1.807, 2.05) is 19.1 Å². The Labute approximate surface area is 115 Å². The van der Waals surface area contributed by atoms with Crippen LogP contribution in [0.15, 0.2) is 12.1 Å². The van der Waals surface area contributed by atoms with E-state index in [0.717, 1.165) is 24.8 Å². The van der Waals surface area contributed by atoms with E-state index in [0.29, 0.717) is 11.4 Å². The molecule has 0 bridgehead atoms. The normalized spacial score (nSPS) is 15.7. The summed E-state index contributed by atoms with van der Waals surface area (Å²) >= 11 is 0. The minimum absolute atomic E-state index is 0.620. The molecule has 19 heavy (non-hydrogen) atoms. The zero-order valence-corrected chi connectivity index (χ0v) is 11.8. The Balaban J connectivity index is 1.85. The van der Waals surface area contributed by atoms with Gasteiger partial charge in [-0.25, -0.2) is 4.98 Å². The van der Waals surface area contributed by atoms with Crippen molar-refractivity contribution in [2.45, 2.75) is 38.6 Å². The Morgan fingerprint density at radius 3 is 2.84 bits per heavy atom. The molecule has 102 valence electrons. The molecule has 0 spiro atoms. The van der Waals surface area contributed by atoms with Gasteiger partial charge >= 0.3 is 0 Å². The van der Waals surface area contributed by atoms with Crippen molar-refractivity contribution in [2.24, 2.45) is 0 Å². The summed E-state index contributed by atoms with van der Waals surface area (Å²) in [6, 6.07) is 6.61. The molecule has 1 aromatic heterocycles. The van der Waals surface area contributed by atoms with Crippen molar-refractivity contribution < 1.29 is 0 Å². The SMILES string of the molecule is Cc1ccc(C#N)c(NCCN(C)C2CCCC2)n1. The van der Waals surface area contributed by atoms with Crippen molar-refractivity contribution in [2.75, 3.05) is 25.5 Å². The van der Waals surface area contributed by atoms with Gasteiger partial charge in [0.05, 0.1) is 5.56 Å². The van der Waals surface area contributed by atoms with Gasteiger partial charge in [-0.1, -0.05) is 12.8 Å². The van der Waals surface area contributed by atoms with Gasteiger partial charge in [-0.2, -0.15) is 5.26 Å². The number of anilines is 1. The Kier molecular flexibility index (Phi) is 4.75. The Morgan fingerprint density at radius 2 is 2.16 bits per heavy atom. The van der Waals surface area contributed by atoms with Gasteiger partial charge in [0.2, 0.25) is 0 Å². The van der Waals surface area contributed by atoms with Gasteiger partial charge in [-0.05, 0) is 38.9 Å². The molecular formula is C15H22N4. The molecule has 1 aromatic rings. The number of pyridine rings is 1. The standard InChI is InChI=1S/C15H22N4/c1-12-7-8-13(11-16)15(18-12)17-9-10-19(2)14-5-3-4-6-14/h7-8,14H,3-6,9-10H2,1-2H3,(H,17,18). The fraction of sp³-hybridized carbons (Fsp3) is 0.600. The van der Waals surface area contributed by atoms with Crippen LogP contribution in [-0.2, 0) is 0 Å². The molecule has 0 aliphatic heterocycles. The molecule has 4 heteroatoms. The Bertz CT molecular complexity index is 458. The van der Waals surface area contributed by atoms with Crippen LogP contribution in [0, 0.1) is 18.3 Å². The van der Waals surface area contributed by atoms with E-state index < -0.39 is 0 Å². The van der Waals surface area contributed by atoms with Gasteiger partial charge < -0.3 is 10.2 Å². The van der Waals surface area contributed by atoms with Crippen LogP contribution in [0.1, 0.15) is 36.9 Å². The number of hydrogen-bond acceptors (Lipinski definition) is 4. The van der Waals surface area contributed by atoms with Crippen molar-refractivity contribution in [1.82, 2.24) is 9.88 Å². The maximum Gasteiger partial charge on any atom is 0.144 e. The van der Waals surface area contributed by atoms with Crippen LogP contribution in [0.5, 0.6) is 0 Å². The van der Waals surface area contributed by atoms with Gasteiger partial charge in [0.15, 0.2) is 0 Å². The van der Waals surface area contributed by atoms with E-state index in [-0.39, 0.29) is 0 Å². The molecule has 4 nitrogen and oxygen atoms in total. The van der Waals surface area contributed by atoms with E-state index in [2.05, 4.69) is 28.3 Å².